The number of halogens is 3. The zero-order valence-electron chi connectivity index (χ0n) is 8.34. The maximum atomic E-state index is 12.3. The molecule has 0 saturated carbocycles. The van der Waals surface area contributed by atoms with Crippen LogP contribution in [0.2, 0.25) is 0 Å². The summed E-state index contributed by atoms with van der Waals surface area (Å²) in [6.07, 6.45) is -4.64. The number of hydrogen-bond donors (Lipinski definition) is 1. The lowest BCUT2D eigenvalue weighted by molar-refractivity contribution is -0.138. The van der Waals surface area contributed by atoms with Crippen molar-refractivity contribution in [2.75, 3.05) is 6.61 Å². The lowest BCUT2D eigenvalue weighted by Crippen LogP contribution is -2.08. The first kappa shape index (κ1) is 12.4. The second-order valence-electron chi connectivity index (χ2n) is 2.95. The van der Waals surface area contributed by atoms with Gasteiger partial charge in [0.05, 0.1) is 17.7 Å². The van der Waals surface area contributed by atoms with Gasteiger partial charge in [0.2, 0.25) is 0 Å². The number of phenolic OH excluding ortho intramolecular Hbond substituents is 1. The van der Waals surface area contributed by atoms with Gasteiger partial charge in [-0.25, -0.2) is 4.79 Å². The molecule has 1 aromatic rings. The Morgan fingerprint density at radius 2 is 2.06 bits per heavy atom. The molecule has 3 nitrogen and oxygen atoms in total. The predicted molar refractivity (Wildman–Crippen MR) is 49.1 cm³/mol. The van der Waals surface area contributed by atoms with E-state index in [9.17, 15) is 18.0 Å². The van der Waals surface area contributed by atoms with E-state index in [4.69, 9.17) is 5.11 Å². The van der Waals surface area contributed by atoms with E-state index >= 15 is 0 Å². The van der Waals surface area contributed by atoms with Crippen molar-refractivity contribution < 1.29 is 27.8 Å². The Labute approximate surface area is 89.5 Å². The summed E-state index contributed by atoms with van der Waals surface area (Å²) in [7, 11) is 0. The number of esters is 1. The van der Waals surface area contributed by atoms with Crippen molar-refractivity contribution in [3.05, 3.63) is 29.3 Å². The van der Waals surface area contributed by atoms with Crippen molar-refractivity contribution in [1.29, 1.82) is 0 Å². The number of phenols is 1. The van der Waals surface area contributed by atoms with Crippen molar-refractivity contribution in [1.82, 2.24) is 0 Å². The van der Waals surface area contributed by atoms with Gasteiger partial charge in [-0.3, -0.25) is 0 Å². The molecule has 0 atom stereocenters. The first-order valence-electron chi connectivity index (χ1n) is 4.43. The lowest BCUT2D eigenvalue weighted by atomic mass is 10.1. The van der Waals surface area contributed by atoms with E-state index in [2.05, 4.69) is 4.74 Å². The number of carbonyl (C=O) groups is 1. The van der Waals surface area contributed by atoms with Gasteiger partial charge in [0.25, 0.3) is 0 Å². The standard InChI is InChI=1S/C10H9F3O3/c1-2-16-9(15)6-3-4-7(8(14)5-6)10(11,12)13/h3-5,14H,2H2,1H3. The minimum absolute atomic E-state index is 0.112. The summed E-state index contributed by atoms with van der Waals surface area (Å²) in [5.41, 5.74) is -1.30. The molecule has 0 bridgehead atoms. The van der Waals surface area contributed by atoms with E-state index < -0.39 is 23.5 Å². The Balaban J connectivity index is 3.05. The van der Waals surface area contributed by atoms with E-state index in [-0.39, 0.29) is 12.2 Å². The highest BCUT2D eigenvalue weighted by Gasteiger charge is 2.34. The van der Waals surface area contributed by atoms with Gasteiger partial charge in [-0.1, -0.05) is 0 Å². The quantitative estimate of drug-likeness (QED) is 0.800. The van der Waals surface area contributed by atoms with E-state index in [1.807, 2.05) is 0 Å². The Hall–Kier alpha value is -1.72. The smallest absolute Gasteiger partial charge is 0.419 e. The molecule has 0 fully saturated rings. The van der Waals surface area contributed by atoms with Crippen molar-refractivity contribution in [2.24, 2.45) is 0 Å². The normalized spacial score (nSPS) is 11.2. The fourth-order valence-electron chi connectivity index (χ4n) is 1.11. The molecule has 16 heavy (non-hydrogen) atoms. The molecule has 0 aliphatic heterocycles. The van der Waals surface area contributed by atoms with Crippen LogP contribution in [-0.4, -0.2) is 17.7 Å². The van der Waals surface area contributed by atoms with Gasteiger partial charge in [0, 0.05) is 0 Å². The van der Waals surface area contributed by atoms with Crippen LogP contribution in [-0.2, 0) is 10.9 Å². The van der Waals surface area contributed by atoms with Crippen molar-refractivity contribution in [3.8, 4) is 5.75 Å². The third-order valence-corrected chi connectivity index (χ3v) is 1.81. The molecule has 1 N–H and O–H groups in total. The molecule has 0 aliphatic rings. The maximum Gasteiger partial charge on any atom is 0.419 e. The van der Waals surface area contributed by atoms with Crippen LogP contribution in [0.4, 0.5) is 13.2 Å². The third kappa shape index (κ3) is 2.65. The number of carbonyl (C=O) groups excluding carboxylic acids is 1. The summed E-state index contributed by atoms with van der Waals surface area (Å²) in [6, 6.07) is 2.34. The number of alkyl halides is 3. The molecule has 0 aromatic heterocycles. The monoisotopic (exact) mass is 234 g/mol. The van der Waals surface area contributed by atoms with Crippen LogP contribution in [0, 0.1) is 0 Å². The summed E-state index contributed by atoms with van der Waals surface area (Å²) < 4.78 is 41.3. The van der Waals surface area contributed by atoms with E-state index in [0.29, 0.717) is 6.07 Å². The largest absolute Gasteiger partial charge is 0.507 e. The second kappa shape index (κ2) is 4.42. The average molecular weight is 234 g/mol. The van der Waals surface area contributed by atoms with Gasteiger partial charge in [-0.05, 0) is 25.1 Å². The highest BCUT2D eigenvalue weighted by Crippen LogP contribution is 2.35. The summed E-state index contributed by atoms with van der Waals surface area (Å²) in [5.74, 6) is -1.76. The molecule has 0 aliphatic carbocycles. The zero-order chi connectivity index (χ0) is 12.3. The van der Waals surface area contributed by atoms with Crippen LogP contribution in [0.15, 0.2) is 18.2 Å². The Morgan fingerprint density at radius 1 is 1.44 bits per heavy atom. The van der Waals surface area contributed by atoms with Gasteiger partial charge in [0.1, 0.15) is 5.75 Å². The van der Waals surface area contributed by atoms with Crippen LogP contribution in [0.25, 0.3) is 0 Å². The minimum Gasteiger partial charge on any atom is -0.507 e. The van der Waals surface area contributed by atoms with Crippen LogP contribution >= 0.6 is 0 Å². The van der Waals surface area contributed by atoms with E-state index in [1.165, 1.54) is 0 Å². The summed E-state index contributed by atoms with van der Waals surface area (Å²) in [5, 5.41) is 9.12. The molecular formula is C10H9F3O3. The summed E-state index contributed by atoms with van der Waals surface area (Å²) >= 11 is 0. The van der Waals surface area contributed by atoms with Crippen LogP contribution in [0.5, 0.6) is 5.75 Å². The molecule has 88 valence electrons. The molecule has 1 aromatic carbocycles. The number of benzene rings is 1. The minimum atomic E-state index is -4.64. The van der Waals surface area contributed by atoms with Gasteiger partial charge in [-0.15, -0.1) is 0 Å². The molecule has 0 spiro atoms. The van der Waals surface area contributed by atoms with Crippen molar-refractivity contribution in [3.63, 3.8) is 0 Å². The zero-order valence-corrected chi connectivity index (χ0v) is 8.34. The fourth-order valence-corrected chi connectivity index (χ4v) is 1.11. The maximum absolute atomic E-state index is 12.3. The summed E-state index contributed by atoms with van der Waals surface area (Å²) in [6.45, 7) is 1.68. The van der Waals surface area contributed by atoms with Gasteiger partial charge in [0.15, 0.2) is 0 Å². The first-order chi connectivity index (χ1) is 7.36. The Bertz CT molecular complexity index is 399. The van der Waals surface area contributed by atoms with E-state index in [0.717, 1.165) is 12.1 Å². The molecule has 1 rings (SSSR count). The number of hydrogen-bond acceptors (Lipinski definition) is 3. The molecule has 0 unspecified atom stereocenters. The topological polar surface area (TPSA) is 46.5 Å². The van der Waals surface area contributed by atoms with Crippen molar-refractivity contribution >= 4 is 5.97 Å². The molecule has 0 heterocycles. The van der Waals surface area contributed by atoms with Crippen LogP contribution in [0.1, 0.15) is 22.8 Å². The highest BCUT2D eigenvalue weighted by atomic mass is 19.4. The van der Waals surface area contributed by atoms with Crippen LogP contribution in [0.3, 0.4) is 0 Å². The molecular weight excluding hydrogens is 225 g/mol. The second-order valence-corrected chi connectivity index (χ2v) is 2.95. The third-order valence-electron chi connectivity index (χ3n) is 1.81. The van der Waals surface area contributed by atoms with Crippen LogP contribution < -0.4 is 0 Å². The highest BCUT2D eigenvalue weighted by molar-refractivity contribution is 5.90. The Morgan fingerprint density at radius 3 is 2.50 bits per heavy atom. The predicted octanol–water partition coefficient (Wildman–Crippen LogP) is 2.59. The fraction of sp³-hybridized carbons (Fsp3) is 0.300. The number of ether oxygens (including phenoxy) is 1. The Kier molecular flexibility index (Phi) is 3.41. The molecule has 0 amide bonds. The molecule has 0 saturated heterocycles. The van der Waals surface area contributed by atoms with Crippen molar-refractivity contribution in [2.45, 2.75) is 13.1 Å². The average Bonchev–Trinajstić information content (AvgIpc) is 2.16. The summed E-state index contributed by atoms with van der Waals surface area (Å²) in [4.78, 5) is 11.1. The van der Waals surface area contributed by atoms with Gasteiger partial charge in [-0.2, -0.15) is 13.2 Å². The molecule has 0 radical (unpaired) electrons. The SMILES string of the molecule is CCOC(=O)c1ccc(C(F)(F)F)c(O)c1. The lowest BCUT2D eigenvalue weighted by Gasteiger charge is -2.09. The number of rotatable bonds is 2. The molecule has 6 heteroatoms. The number of aromatic hydroxyl groups is 1. The van der Waals surface area contributed by atoms with Gasteiger partial charge >= 0.3 is 12.1 Å². The van der Waals surface area contributed by atoms with Gasteiger partial charge < -0.3 is 9.84 Å². The first-order valence-corrected chi connectivity index (χ1v) is 4.43. The van der Waals surface area contributed by atoms with E-state index in [1.54, 1.807) is 6.92 Å².